The van der Waals surface area contributed by atoms with Gasteiger partial charge in [-0.1, -0.05) is 0 Å². The van der Waals surface area contributed by atoms with Crippen molar-refractivity contribution in [2.24, 2.45) is 0 Å². The summed E-state index contributed by atoms with van der Waals surface area (Å²) in [6, 6.07) is 8.68. The van der Waals surface area contributed by atoms with Crippen LogP contribution in [0.25, 0.3) is 6.08 Å². The van der Waals surface area contributed by atoms with Crippen LogP contribution < -0.4 is 3.58 Å². The molecule has 1 aromatic rings. The van der Waals surface area contributed by atoms with Crippen molar-refractivity contribution >= 4 is 30.8 Å². The predicted octanol–water partition coefficient (Wildman–Crippen LogP) is 1.00. The molecule has 42 valence electrons. The second-order valence-electron chi connectivity index (χ2n) is 2.06. The Labute approximate surface area is 64.8 Å². The second kappa shape index (κ2) is 2.18. The number of rotatable bonds is 0. The van der Waals surface area contributed by atoms with E-state index < -0.39 is 0 Å². The molecule has 0 saturated carbocycles. The zero-order valence-corrected chi connectivity index (χ0v) is 7.82. The fourth-order valence-corrected chi connectivity index (χ4v) is 3.76. The van der Waals surface area contributed by atoms with Crippen molar-refractivity contribution in [3.8, 4) is 0 Å². The maximum absolute atomic E-state index is 2.37. The van der Waals surface area contributed by atoms with Crippen molar-refractivity contribution < 1.29 is 0 Å². The molecule has 0 fully saturated rings. The first kappa shape index (κ1) is 5.54. The van der Waals surface area contributed by atoms with Gasteiger partial charge in [-0.25, -0.2) is 0 Å². The maximum atomic E-state index is 2.37. The predicted molar refractivity (Wildman–Crippen MR) is 40.9 cm³/mol. The number of hydrogen-bond donors (Lipinski definition) is 0. The Morgan fingerprint density at radius 3 is 2.89 bits per heavy atom. The summed E-state index contributed by atoms with van der Waals surface area (Å²) < 4.78 is 4.00. The van der Waals surface area contributed by atoms with Crippen LogP contribution >= 0.6 is 0 Å². The molecule has 1 aliphatic rings. The van der Waals surface area contributed by atoms with Gasteiger partial charge in [-0.15, -0.1) is 0 Å². The van der Waals surface area contributed by atoms with E-state index in [9.17, 15) is 0 Å². The average molecular weight is 221 g/mol. The van der Waals surface area contributed by atoms with Crippen molar-refractivity contribution in [3.05, 3.63) is 33.9 Å². The average Bonchev–Trinajstić information content (AvgIpc) is 2.33. The first-order valence-electron chi connectivity index (χ1n) is 2.99. The molecule has 1 aromatic carbocycles. The van der Waals surface area contributed by atoms with E-state index in [1.807, 2.05) is 0 Å². The molecule has 0 spiro atoms. The zero-order valence-electron chi connectivity index (χ0n) is 4.96. The molecule has 2 rings (SSSR count). The Morgan fingerprint density at radius 2 is 2.00 bits per heavy atom. The second-order valence-corrected chi connectivity index (χ2v) is 5.38. The minimum atomic E-state index is -0.238. The van der Waals surface area contributed by atoms with Gasteiger partial charge in [0.1, 0.15) is 0 Å². The fraction of sp³-hybridized carbons (Fsp3) is 0. The third kappa shape index (κ3) is 0.916. The van der Waals surface area contributed by atoms with Gasteiger partial charge in [-0.05, 0) is 0 Å². The van der Waals surface area contributed by atoms with Crippen LogP contribution in [0.3, 0.4) is 0 Å². The quantitative estimate of drug-likeness (QED) is 0.573. The van der Waals surface area contributed by atoms with Gasteiger partial charge in [0.25, 0.3) is 0 Å². The molecule has 0 aromatic heterocycles. The van der Waals surface area contributed by atoms with E-state index >= 15 is 0 Å². The molecule has 1 heterocycles. The van der Waals surface area contributed by atoms with Crippen molar-refractivity contribution in [1.82, 2.24) is 0 Å². The van der Waals surface area contributed by atoms with Gasteiger partial charge in [0.2, 0.25) is 0 Å². The van der Waals surface area contributed by atoms with E-state index in [0.29, 0.717) is 0 Å². The Morgan fingerprint density at radius 1 is 1.11 bits per heavy atom. The molecular formula is C8H6Sn. The summed E-state index contributed by atoms with van der Waals surface area (Å²) in [5.74, 6) is 0. The third-order valence-corrected chi connectivity index (χ3v) is 4.60. The van der Waals surface area contributed by atoms with Crippen LogP contribution in [-0.4, -0.2) is 21.1 Å². The van der Waals surface area contributed by atoms with Gasteiger partial charge in [-0.3, -0.25) is 0 Å². The molecule has 9 heavy (non-hydrogen) atoms. The van der Waals surface area contributed by atoms with E-state index in [2.05, 4.69) is 34.4 Å². The molecule has 0 bridgehead atoms. The Balaban J connectivity index is 2.63. The summed E-state index contributed by atoms with van der Waals surface area (Å²) in [5.41, 5.74) is 1.46. The third-order valence-electron chi connectivity index (χ3n) is 1.46. The van der Waals surface area contributed by atoms with Crippen molar-refractivity contribution in [2.75, 3.05) is 0 Å². The van der Waals surface area contributed by atoms with E-state index in [1.54, 1.807) is 3.58 Å². The van der Waals surface area contributed by atoms with Crippen LogP contribution in [0, 0.1) is 0 Å². The molecule has 0 saturated heterocycles. The summed E-state index contributed by atoms with van der Waals surface area (Å²) in [4.78, 5) is 0. The summed E-state index contributed by atoms with van der Waals surface area (Å²) >= 11 is -0.238. The SMILES string of the molecule is [CH]1=Cc2cccc[c]2[Sn]1. The topological polar surface area (TPSA) is 0 Å². The van der Waals surface area contributed by atoms with E-state index in [-0.39, 0.29) is 21.1 Å². The van der Waals surface area contributed by atoms with Gasteiger partial charge in [-0.2, -0.15) is 0 Å². The molecular weight excluding hydrogens is 215 g/mol. The molecule has 1 heteroatoms. The van der Waals surface area contributed by atoms with Crippen molar-refractivity contribution in [3.63, 3.8) is 0 Å². The molecule has 0 unspecified atom stereocenters. The molecule has 0 amide bonds. The molecule has 0 aliphatic carbocycles. The molecule has 2 radical (unpaired) electrons. The Kier molecular flexibility index (Phi) is 1.34. The van der Waals surface area contributed by atoms with Gasteiger partial charge in [0.15, 0.2) is 0 Å². The van der Waals surface area contributed by atoms with E-state index in [4.69, 9.17) is 0 Å². The number of benzene rings is 1. The van der Waals surface area contributed by atoms with Crippen LogP contribution in [0.5, 0.6) is 0 Å². The van der Waals surface area contributed by atoms with E-state index in [1.165, 1.54) is 5.56 Å². The summed E-state index contributed by atoms with van der Waals surface area (Å²) in [7, 11) is 0. The molecule has 1 aliphatic heterocycles. The summed E-state index contributed by atoms with van der Waals surface area (Å²) in [6.45, 7) is 0. The van der Waals surface area contributed by atoms with Crippen LogP contribution in [-0.2, 0) is 0 Å². The van der Waals surface area contributed by atoms with Gasteiger partial charge < -0.3 is 0 Å². The summed E-state index contributed by atoms with van der Waals surface area (Å²) in [5, 5.41) is 0. The number of fused-ring (bicyclic) bond motifs is 1. The monoisotopic (exact) mass is 222 g/mol. The summed E-state index contributed by atoms with van der Waals surface area (Å²) in [6.07, 6.45) is 2.25. The molecule has 0 N–H and O–H groups in total. The van der Waals surface area contributed by atoms with Crippen LogP contribution in [0.2, 0.25) is 0 Å². The van der Waals surface area contributed by atoms with Crippen LogP contribution in [0.15, 0.2) is 28.4 Å². The first-order valence-corrected chi connectivity index (χ1v) is 6.06. The van der Waals surface area contributed by atoms with Crippen LogP contribution in [0.4, 0.5) is 0 Å². The number of hydrogen-bond acceptors (Lipinski definition) is 0. The first-order chi connectivity index (χ1) is 4.47. The van der Waals surface area contributed by atoms with Crippen molar-refractivity contribution in [1.29, 1.82) is 0 Å². The Bertz CT molecular complexity index is 250. The zero-order chi connectivity index (χ0) is 6.10. The van der Waals surface area contributed by atoms with Gasteiger partial charge in [0, 0.05) is 0 Å². The van der Waals surface area contributed by atoms with Gasteiger partial charge >= 0.3 is 64.7 Å². The van der Waals surface area contributed by atoms with Gasteiger partial charge in [0.05, 0.1) is 0 Å². The normalized spacial score (nSPS) is 13.8. The van der Waals surface area contributed by atoms with Crippen molar-refractivity contribution in [2.45, 2.75) is 0 Å². The van der Waals surface area contributed by atoms with Crippen LogP contribution in [0.1, 0.15) is 5.56 Å². The molecule has 0 nitrogen and oxygen atoms in total. The van der Waals surface area contributed by atoms with E-state index in [0.717, 1.165) is 0 Å². The minimum absolute atomic E-state index is 0.238. The Hall–Kier alpha value is -0.241. The standard InChI is InChI=1S/C8H6.Sn/c1-2-8-6-4-3-5-7-8;/h1-6H;. The molecule has 0 atom stereocenters. The fourth-order valence-electron chi connectivity index (χ4n) is 0.995.